The van der Waals surface area contributed by atoms with Gasteiger partial charge in [0.2, 0.25) is 0 Å². The zero-order valence-electron chi connectivity index (χ0n) is 12.8. The molecule has 2 aromatic heterocycles. The van der Waals surface area contributed by atoms with Crippen molar-refractivity contribution in [2.24, 2.45) is 0 Å². The molecule has 0 aliphatic carbocycles. The number of carbonyl (C=O) groups excluding carboxylic acids is 1. The van der Waals surface area contributed by atoms with E-state index in [1.807, 2.05) is 46.0 Å². The molecule has 0 unspecified atom stereocenters. The van der Waals surface area contributed by atoms with Crippen LogP contribution in [0.5, 0.6) is 0 Å². The first-order valence-electron chi connectivity index (χ1n) is 6.89. The number of hydrogen-bond acceptors (Lipinski definition) is 5. The van der Waals surface area contributed by atoms with E-state index in [2.05, 4.69) is 15.3 Å². The van der Waals surface area contributed by atoms with Crippen LogP contribution < -0.4 is 0 Å². The highest BCUT2D eigenvalue weighted by Crippen LogP contribution is 2.13. The molecule has 6 nitrogen and oxygen atoms in total. The third kappa shape index (κ3) is 4.11. The Kier molecular flexibility index (Phi) is 4.35. The van der Waals surface area contributed by atoms with Gasteiger partial charge in [0, 0.05) is 18.9 Å². The molecule has 0 aliphatic heterocycles. The van der Waals surface area contributed by atoms with Crippen LogP contribution in [0.2, 0.25) is 0 Å². The highest BCUT2D eigenvalue weighted by molar-refractivity contribution is 5.88. The summed E-state index contributed by atoms with van der Waals surface area (Å²) in [5.74, 6) is -0.437. The van der Waals surface area contributed by atoms with E-state index in [9.17, 15) is 4.79 Å². The molecule has 0 saturated carbocycles. The number of aromatic nitrogens is 4. The van der Waals surface area contributed by atoms with Gasteiger partial charge in [-0.05, 0) is 45.7 Å². The zero-order valence-corrected chi connectivity index (χ0v) is 12.8. The summed E-state index contributed by atoms with van der Waals surface area (Å²) in [6.45, 7) is 7.95. The number of aryl methyl sites for hydroxylation is 2. The topological polar surface area (TPSA) is 69.9 Å². The molecule has 21 heavy (non-hydrogen) atoms. The molecule has 112 valence electrons. The maximum absolute atomic E-state index is 12.0. The molecule has 0 aromatic carbocycles. The lowest BCUT2D eigenvalue weighted by molar-refractivity contribution is 0.00619. The van der Waals surface area contributed by atoms with Gasteiger partial charge in [-0.1, -0.05) is 11.3 Å². The maximum atomic E-state index is 12.0. The molecule has 6 heteroatoms. The van der Waals surface area contributed by atoms with Gasteiger partial charge in [0.25, 0.3) is 0 Å². The van der Waals surface area contributed by atoms with E-state index in [-0.39, 0.29) is 5.69 Å². The molecule has 0 spiro atoms. The summed E-state index contributed by atoms with van der Waals surface area (Å²) in [5, 5.41) is 7.96. The Morgan fingerprint density at radius 3 is 2.76 bits per heavy atom. The smallest absolute Gasteiger partial charge is 0.361 e. The molecule has 0 aliphatic rings. The summed E-state index contributed by atoms with van der Waals surface area (Å²) in [6, 6.07) is 3.91. The largest absolute Gasteiger partial charge is 0.455 e. The van der Waals surface area contributed by atoms with E-state index in [1.54, 1.807) is 10.9 Å². The van der Waals surface area contributed by atoms with Crippen LogP contribution in [0.3, 0.4) is 0 Å². The lowest BCUT2D eigenvalue weighted by Crippen LogP contribution is -2.24. The normalized spacial score (nSPS) is 11.4. The minimum atomic E-state index is -0.539. The highest BCUT2D eigenvalue weighted by Gasteiger charge is 2.23. The fraction of sp³-hybridized carbons (Fsp3) is 0.467. The maximum Gasteiger partial charge on any atom is 0.361 e. The monoisotopic (exact) mass is 288 g/mol. The quantitative estimate of drug-likeness (QED) is 0.806. The number of ether oxygens (including phenoxy) is 1. The molecular weight excluding hydrogens is 268 g/mol. The molecular formula is C15H20N4O2. The number of carbonyl (C=O) groups is 1. The molecule has 0 bridgehead atoms. The van der Waals surface area contributed by atoms with Crippen LogP contribution in [0.4, 0.5) is 0 Å². The van der Waals surface area contributed by atoms with Gasteiger partial charge in [-0.3, -0.25) is 4.98 Å². The van der Waals surface area contributed by atoms with Crippen molar-refractivity contribution in [1.82, 2.24) is 20.0 Å². The van der Waals surface area contributed by atoms with Crippen molar-refractivity contribution in [1.29, 1.82) is 0 Å². The summed E-state index contributed by atoms with van der Waals surface area (Å²) >= 11 is 0. The zero-order chi connectivity index (χ0) is 15.5. The summed E-state index contributed by atoms with van der Waals surface area (Å²) in [6.07, 6.45) is 4.34. The second kappa shape index (κ2) is 6.03. The van der Waals surface area contributed by atoms with E-state index < -0.39 is 11.6 Å². The van der Waals surface area contributed by atoms with Crippen molar-refractivity contribution in [3.05, 3.63) is 41.5 Å². The van der Waals surface area contributed by atoms with E-state index in [1.165, 1.54) is 0 Å². The molecule has 0 radical (unpaired) electrons. The van der Waals surface area contributed by atoms with Crippen LogP contribution in [0.1, 0.15) is 42.5 Å². The van der Waals surface area contributed by atoms with Gasteiger partial charge in [-0.2, -0.15) is 0 Å². The third-order valence-electron chi connectivity index (χ3n) is 2.91. The van der Waals surface area contributed by atoms with Crippen molar-refractivity contribution < 1.29 is 9.53 Å². The Morgan fingerprint density at radius 1 is 1.38 bits per heavy atom. The highest BCUT2D eigenvalue weighted by atomic mass is 16.6. The van der Waals surface area contributed by atoms with Crippen molar-refractivity contribution in [2.45, 2.75) is 46.3 Å². The van der Waals surface area contributed by atoms with Gasteiger partial charge in [-0.15, -0.1) is 5.10 Å². The molecule has 0 fully saturated rings. The van der Waals surface area contributed by atoms with Gasteiger partial charge in [0.15, 0.2) is 5.69 Å². The predicted octanol–water partition coefficient (Wildman–Crippen LogP) is 2.18. The van der Waals surface area contributed by atoms with Gasteiger partial charge < -0.3 is 4.74 Å². The van der Waals surface area contributed by atoms with Gasteiger partial charge >= 0.3 is 5.97 Å². The van der Waals surface area contributed by atoms with Crippen LogP contribution >= 0.6 is 0 Å². The van der Waals surface area contributed by atoms with Gasteiger partial charge in [-0.25, -0.2) is 9.48 Å². The van der Waals surface area contributed by atoms with Crippen LogP contribution in [-0.2, 0) is 17.7 Å². The molecule has 2 aromatic rings. The lowest BCUT2D eigenvalue weighted by atomic mass is 10.2. The Labute approximate surface area is 124 Å². The molecule has 2 rings (SSSR count). The average Bonchev–Trinajstić information content (AvgIpc) is 2.77. The molecule has 0 atom stereocenters. The van der Waals surface area contributed by atoms with Crippen LogP contribution in [0.25, 0.3) is 0 Å². The van der Waals surface area contributed by atoms with E-state index in [0.29, 0.717) is 12.2 Å². The number of rotatable bonds is 4. The number of hydrogen-bond donors (Lipinski definition) is 0. The number of esters is 1. The summed E-state index contributed by atoms with van der Waals surface area (Å²) in [5.41, 5.74) is 1.57. The number of pyridine rings is 1. The minimum Gasteiger partial charge on any atom is -0.455 e. The standard InChI is InChI=1S/C15H20N4O2/c1-11-13(14(20)21-15(2,3)4)17-18-19(11)9-7-12-6-5-8-16-10-12/h5-6,8,10H,7,9H2,1-4H3. The second-order valence-corrected chi connectivity index (χ2v) is 5.86. The fourth-order valence-electron chi connectivity index (χ4n) is 1.87. The second-order valence-electron chi connectivity index (χ2n) is 5.86. The summed E-state index contributed by atoms with van der Waals surface area (Å²) in [7, 11) is 0. The fourth-order valence-corrected chi connectivity index (χ4v) is 1.87. The Bertz CT molecular complexity index is 614. The SMILES string of the molecule is Cc1c(C(=O)OC(C)(C)C)nnn1CCc1cccnc1. The van der Waals surface area contributed by atoms with Crippen LogP contribution in [-0.4, -0.2) is 31.5 Å². The van der Waals surface area contributed by atoms with E-state index in [4.69, 9.17) is 4.74 Å². The van der Waals surface area contributed by atoms with E-state index in [0.717, 1.165) is 12.0 Å². The van der Waals surface area contributed by atoms with Gasteiger partial charge in [0.1, 0.15) is 5.60 Å². The lowest BCUT2D eigenvalue weighted by Gasteiger charge is -2.18. The molecule has 0 amide bonds. The Morgan fingerprint density at radius 2 is 2.14 bits per heavy atom. The Hall–Kier alpha value is -2.24. The van der Waals surface area contributed by atoms with Crippen molar-refractivity contribution >= 4 is 5.97 Å². The van der Waals surface area contributed by atoms with Crippen LogP contribution in [0.15, 0.2) is 24.5 Å². The van der Waals surface area contributed by atoms with E-state index >= 15 is 0 Å². The van der Waals surface area contributed by atoms with Crippen LogP contribution in [0, 0.1) is 6.92 Å². The Balaban J connectivity index is 2.05. The molecule has 0 N–H and O–H groups in total. The molecule has 0 saturated heterocycles. The minimum absolute atomic E-state index is 0.274. The predicted molar refractivity (Wildman–Crippen MR) is 77.9 cm³/mol. The molecule has 2 heterocycles. The van der Waals surface area contributed by atoms with Gasteiger partial charge in [0.05, 0.1) is 5.69 Å². The third-order valence-corrected chi connectivity index (χ3v) is 2.91. The van der Waals surface area contributed by atoms with Crippen molar-refractivity contribution in [2.75, 3.05) is 0 Å². The summed E-state index contributed by atoms with van der Waals surface area (Å²) in [4.78, 5) is 16.1. The first-order valence-corrected chi connectivity index (χ1v) is 6.89. The van der Waals surface area contributed by atoms with Crippen molar-refractivity contribution in [3.63, 3.8) is 0 Å². The number of nitrogens with zero attached hydrogens (tertiary/aromatic N) is 4. The van der Waals surface area contributed by atoms with Crippen molar-refractivity contribution in [3.8, 4) is 0 Å². The first-order chi connectivity index (χ1) is 9.87. The average molecular weight is 288 g/mol. The first kappa shape index (κ1) is 15.2. The summed E-state index contributed by atoms with van der Waals surface area (Å²) < 4.78 is 7.03.